The first-order valence-electron chi connectivity index (χ1n) is 8.26. The van der Waals surface area contributed by atoms with Crippen LogP contribution in [0.4, 0.5) is 11.4 Å². The Morgan fingerprint density at radius 1 is 1.28 bits per heavy atom. The average Bonchev–Trinajstić information content (AvgIpc) is 2.99. The number of nitrogens with zero attached hydrogens (tertiary/aromatic N) is 3. The standard InChI is InChI=1S/C19H13BrN4O4S/c20-12-5-7-13(8-6-12)23-18(26)16(29-19(23)14(10-21)17(22)25)9-11-3-1-2-4-15(11)24(27)28/h1-8,16H,9H2,(H2,22,25)/b19-14-. The maximum atomic E-state index is 13.2. The summed E-state index contributed by atoms with van der Waals surface area (Å²) in [5.41, 5.74) is 5.75. The zero-order valence-corrected chi connectivity index (χ0v) is 17.1. The van der Waals surface area contributed by atoms with E-state index in [1.165, 1.54) is 11.0 Å². The first kappa shape index (κ1) is 20.6. The van der Waals surface area contributed by atoms with Crippen molar-refractivity contribution in [3.63, 3.8) is 0 Å². The van der Waals surface area contributed by atoms with Crippen LogP contribution in [0.2, 0.25) is 0 Å². The molecule has 1 heterocycles. The highest BCUT2D eigenvalue weighted by atomic mass is 79.9. The third kappa shape index (κ3) is 4.16. The number of para-hydroxylation sites is 1. The molecule has 0 spiro atoms. The average molecular weight is 473 g/mol. The van der Waals surface area contributed by atoms with Crippen molar-refractivity contribution in [3.8, 4) is 6.07 Å². The number of carbonyl (C=O) groups is 2. The number of primary amides is 1. The van der Waals surface area contributed by atoms with Crippen LogP contribution in [0.25, 0.3) is 0 Å². The Kier molecular flexibility index (Phi) is 6.00. The van der Waals surface area contributed by atoms with Crippen LogP contribution in [0.1, 0.15) is 5.56 Å². The van der Waals surface area contributed by atoms with Crippen LogP contribution >= 0.6 is 27.7 Å². The summed E-state index contributed by atoms with van der Waals surface area (Å²) >= 11 is 4.32. The second-order valence-electron chi connectivity index (χ2n) is 6.00. The molecule has 0 bridgehead atoms. The number of nitrogens with two attached hydrogens (primary N) is 1. The lowest BCUT2D eigenvalue weighted by molar-refractivity contribution is -0.385. The predicted octanol–water partition coefficient (Wildman–Crippen LogP) is 3.27. The van der Waals surface area contributed by atoms with Gasteiger partial charge >= 0.3 is 0 Å². The third-order valence-electron chi connectivity index (χ3n) is 4.20. The number of rotatable bonds is 5. The molecule has 10 heteroatoms. The minimum Gasteiger partial charge on any atom is -0.365 e. The summed E-state index contributed by atoms with van der Waals surface area (Å²) in [6.45, 7) is 0. The second kappa shape index (κ2) is 8.46. The number of benzene rings is 2. The number of hydrogen-bond donors (Lipinski definition) is 1. The number of anilines is 1. The van der Waals surface area contributed by atoms with E-state index in [-0.39, 0.29) is 28.6 Å². The van der Waals surface area contributed by atoms with Crippen LogP contribution in [-0.4, -0.2) is 22.0 Å². The summed E-state index contributed by atoms with van der Waals surface area (Å²) in [6.07, 6.45) is 0.0641. The van der Waals surface area contributed by atoms with Gasteiger partial charge in [0.05, 0.1) is 10.2 Å². The zero-order chi connectivity index (χ0) is 21.1. The molecule has 0 aliphatic carbocycles. The summed E-state index contributed by atoms with van der Waals surface area (Å²) in [7, 11) is 0. The van der Waals surface area contributed by atoms with Crippen molar-refractivity contribution in [1.29, 1.82) is 5.26 Å². The second-order valence-corrected chi connectivity index (χ2v) is 8.11. The van der Waals surface area contributed by atoms with E-state index < -0.39 is 16.1 Å². The van der Waals surface area contributed by atoms with Crippen molar-refractivity contribution in [3.05, 3.63) is 79.3 Å². The Hall–Kier alpha value is -3.16. The van der Waals surface area contributed by atoms with Gasteiger partial charge < -0.3 is 5.73 Å². The third-order valence-corrected chi connectivity index (χ3v) is 5.99. The van der Waals surface area contributed by atoms with Gasteiger partial charge in [0.15, 0.2) is 0 Å². The van der Waals surface area contributed by atoms with Gasteiger partial charge in [0.1, 0.15) is 16.7 Å². The Bertz CT molecular complexity index is 1080. The number of hydrogen-bond acceptors (Lipinski definition) is 6. The molecule has 1 aliphatic rings. The fraction of sp³-hybridized carbons (Fsp3) is 0.105. The Balaban J connectivity index is 2.06. The van der Waals surface area contributed by atoms with Gasteiger partial charge in [-0.2, -0.15) is 5.26 Å². The van der Waals surface area contributed by atoms with Gasteiger partial charge in [0, 0.05) is 28.2 Å². The molecule has 2 aromatic rings. The first-order valence-corrected chi connectivity index (χ1v) is 9.93. The molecule has 1 fully saturated rings. The molecule has 1 atom stereocenters. The van der Waals surface area contributed by atoms with Gasteiger partial charge in [-0.3, -0.25) is 24.6 Å². The molecular formula is C19H13BrN4O4S. The van der Waals surface area contributed by atoms with Crippen molar-refractivity contribution in [1.82, 2.24) is 0 Å². The predicted molar refractivity (Wildman–Crippen MR) is 112 cm³/mol. The van der Waals surface area contributed by atoms with E-state index in [2.05, 4.69) is 15.9 Å². The van der Waals surface area contributed by atoms with Gasteiger partial charge in [0.2, 0.25) is 5.91 Å². The number of thioether (sulfide) groups is 1. The van der Waals surface area contributed by atoms with Gasteiger partial charge in [0.25, 0.3) is 11.6 Å². The lowest BCUT2D eigenvalue weighted by Crippen LogP contribution is -2.31. The van der Waals surface area contributed by atoms with E-state index in [1.54, 1.807) is 48.5 Å². The molecule has 0 saturated carbocycles. The van der Waals surface area contributed by atoms with Crippen LogP contribution in [0.5, 0.6) is 0 Å². The molecule has 8 nitrogen and oxygen atoms in total. The van der Waals surface area contributed by atoms with Crippen LogP contribution in [0.15, 0.2) is 63.6 Å². The number of nitro groups is 1. The fourth-order valence-electron chi connectivity index (χ4n) is 2.89. The van der Waals surface area contributed by atoms with Crippen LogP contribution in [-0.2, 0) is 16.0 Å². The molecule has 1 unspecified atom stereocenters. The van der Waals surface area contributed by atoms with E-state index >= 15 is 0 Å². The van der Waals surface area contributed by atoms with Crippen molar-refractivity contribution in [2.45, 2.75) is 11.7 Å². The van der Waals surface area contributed by atoms with Gasteiger partial charge in [-0.1, -0.05) is 45.9 Å². The summed E-state index contributed by atoms with van der Waals surface area (Å²) in [6, 6.07) is 14.7. The topological polar surface area (TPSA) is 130 Å². The van der Waals surface area contributed by atoms with Crippen molar-refractivity contribution >= 4 is 50.9 Å². The normalized spacial score (nSPS) is 17.7. The number of amides is 2. The van der Waals surface area contributed by atoms with E-state index in [0.29, 0.717) is 11.3 Å². The zero-order valence-electron chi connectivity index (χ0n) is 14.7. The van der Waals surface area contributed by atoms with Gasteiger partial charge in [-0.25, -0.2) is 0 Å². The molecule has 1 saturated heterocycles. The first-order chi connectivity index (χ1) is 13.8. The van der Waals surface area contributed by atoms with E-state index in [9.17, 15) is 25.0 Å². The quantitative estimate of drug-likeness (QED) is 0.307. The van der Waals surface area contributed by atoms with Crippen LogP contribution < -0.4 is 10.6 Å². The summed E-state index contributed by atoms with van der Waals surface area (Å²) in [5, 5.41) is 20.0. The Labute approximate surface area is 178 Å². The number of halogens is 1. The summed E-state index contributed by atoms with van der Waals surface area (Å²) < 4.78 is 0.790. The highest BCUT2D eigenvalue weighted by molar-refractivity contribution is 9.10. The molecule has 2 aromatic carbocycles. The molecule has 3 rings (SSSR count). The van der Waals surface area contributed by atoms with Crippen LogP contribution in [0.3, 0.4) is 0 Å². The van der Waals surface area contributed by atoms with Gasteiger partial charge in [-0.15, -0.1) is 0 Å². The lowest BCUT2D eigenvalue weighted by Gasteiger charge is -2.18. The number of nitro benzene ring substituents is 1. The van der Waals surface area contributed by atoms with E-state index in [0.717, 1.165) is 16.2 Å². The van der Waals surface area contributed by atoms with Crippen molar-refractivity contribution in [2.75, 3.05) is 4.90 Å². The highest BCUT2D eigenvalue weighted by Gasteiger charge is 2.41. The summed E-state index contributed by atoms with van der Waals surface area (Å²) in [4.78, 5) is 37.0. The van der Waals surface area contributed by atoms with Gasteiger partial charge in [-0.05, 0) is 24.3 Å². The molecule has 0 aromatic heterocycles. The monoisotopic (exact) mass is 472 g/mol. The van der Waals surface area contributed by atoms with Crippen molar-refractivity contribution < 1.29 is 14.5 Å². The van der Waals surface area contributed by atoms with E-state index in [1.807, 2.05) is 0 Å². The molecule has 29 heavy (non-hydrogen) atoms. The summed E-state index contributed by atoms with van der Waals surface area (Å²) in [5.74, 6) is -1.34. The SMILES string of the molecule is N#C/C(C(N)=O)=C1/SC(Cc2ccccc2[N+](=O)[O-])C(=O)N1c1ccc(Br)cc1. The minimum atomic E-state index is -0.948. The lowest BCUT2D eigenvalue weighted by atomic mass is 10.1. The number of nitriles is 1. The van der Waals surface area contributed by atoms with E-state index in [4.69, 9.17) is 5.73 Å². The minimum absolute atomic E-state index is 0.0641. The highest BCUT2D eigenvalue weighted by Crippen LogP contribution is 2.42. The molecule has 2 amide bonds. The maximum Gasteiger partial charge on any atom is 0.272 e. The molecule has 1 aliphatic heterocycles. The Morgan fingerprint density at radius 2 is 1.93 bits per heavy atom. The smallest absolute Gasteiger partial charge is 0.272 e. The Morgan fingerprint density at radius 3 is 2.52 bits per heavy atom. The maximum absolute atomic E-state index is 13.2. The number of carbonyl (C=O) groups excluding carboxylic acids is 2. The largest absolute Gasteiger partial charge is 0.365 e. The van der Waals surface area contributed by atoms with Crippen molar-refractivity contribution in [2.24, 2.45) is 5.73 Å². The molecule has 0 radical (unpaired) electrons. The van der Waals surface area contributed by atoms with Crippen LogP contribution in [0, 0.1) is 21.4 Å². The molecular weight excluding hydrogens is 460 g/mol. The fourth-order valence-corrected chi connectivity index (χ4v) is 4.45. The molecule has 146 valence electrons. The molecule has 2 N–H and O–H groups in total.